The van der Waals surface area contributed by atoms with Gasteiger partial charge in [-0.15, -0.1) is 11.8 Å². The fourth-order valence-electron chi connectivity index (χ4n) is 3.62. The summed E-state index contributed by atoms with van der Waals surface area (Å²) >= 11 is 4.12. The third-order valence-corrected chi connectivity index (χ3v) is 6.86. The van der Waals surface area contributed by atoms with E-state index in [9.17, 15) is 0 Å². The second kappa shape index (κ2) is 7.19. The molecule has 4 rings (SSSR count). The van der Waals surface area contributed by atoms with E-state index in [4.69, 9.17) is 0 Å². The molecule has 0 nitrogen and oxygen atoms in total. The van der Waals surface area contributed by atoms with E-state index in [0.29, 0.717) is 5.92 Å². The number of fused-ring (bicyclic) bond motifs is 3. The summed E-state index contributed by atoms with van der Waals surface area (Å²) in [5.74, 6) is 4.28. The molecule has 2 aliphatic rings. The molecule has 1 aliphatic carbocycles. The van der Waals surface area contributed by atoms with Gasteiger partial charge in [0.25, 0.3) is 0 Å². The van der Waals surface area contributed by atoms with Gasteiger partial charge in [0.05, 0.1) is 0 Å². The van der Waals surface area contributed by atoms with Gasteiger partial charge in [0.2, 0.25) is 0 Å². The Bertz CT molecular complexity index is 668. The minimum Gasteiger partial charge on any atom is -0.161 e. The average molecular weight is 339 g/mol. The maximum atomic E-state index is 2.42. The Morgan fingerprint density at radius 1 is 0.739 bits per heavy atom. The van der Waals surface area contributed by atoms with Crippen LogP contribution >= 0.6 is 23.5 Å². The summed E-state index contributed by atoms with van der Waals surface area (Å²) in [6.07, 6.45) is 4.06. The molecule has 0 N–H and O–H groups in total. The molecule has 0 radical (unpaired) electrons. The first-order valence-electron chi connectivity index (χ1n) is 8.53. The normalized spacial score (nSPS) is 21.2. The van der Waals surface area contributed by atoms with Crippen LogP contribution in [0.4, 0.5) is 0 Å². The monoisotopic (exact) mass is 338 g/mol. The van der Waals surface area contributed by atoms with Crippen LogP contribution < -0.4 is 0 Å². The highest BCUT2D eigenvalue weighted by Crippen LogP contribution is 2.44. The molecule has 0 spiro atoms. The Kier molecular flexibility index (Phi) is 4.82. The van der Waals surface area contributed by atoms with Crippen molar-refractivity contribution in [2.24, 2.45) is 0 Å². The van der Waals surface area contributed by atoms with Crippen molar-refractivity contribution < 1.29 is 0 Å². The average Bonchev–Trinajstić information content (AvgIpc) is 2.63. The Morgan fingerprint density at radius 2 is 1.39 bits per heavy atom. The van der Waals surface area contributed by atoms with Gasteiger partial charge >= 0.3 is 0 Å². The first-order chi connectivity index (χ1) is 11.4. The van der Waals surface area contributed by atoms with Crippen LogP contribution in [0.3, 0.4) is 0 Å². The molecular formula is C21H22S2. The van der Waals surface area contributed by atoms with Crippen molar-refractivity contribution in [1.29, 1.82) is 0 Å². The lowest BCUT2D eigenvalue weighted by Gasteiger charge is -2.30. The van der Waals surface area contributed by atoms with Crippen molar-refractivity contribution in [2.45, 2.75) is 25.2 Å². The van der Waals surface area contributed by atoms with Gasteiger partial charge < -0.3 is 0 Å². The minimum atomic E-state index is 0.537. The van der Waals surface area contributed by atoms with Gasteiger partial charge in [0, 0.05) is 11.7 Å². The first kappa shape index (κ1) is 15.4. The summed E-state index contributed by atoms with van der Waals surface area (Å²) in [7, 11) is 0. The summed E-state index contributed by atoms with van der Waals surface area (Å²) < 4.78 is 0. The van der Waals surface area contributed by atoms with E-state index in [2.05, 4.69) is 65.7 Å². The minimum absolute atomic E-state index is 0.537. The van der Waals surface area contributed by atoms with E-state index < -0.39 is 0 Å². The summed E-state index contributed by atoms with van der Waals surface area (Å²) in [4.78, 5) is 0. The largest absolute Gasteiger partial charge is 0.161 e. The number of thioether (sulfide) groups is 2. The summed E-state index contributed by atoms with van der Waals surface area (Å²) in [6.45, 7) is 0. The summed E-state index contributed by atoms with van der Waals surface area (Å²) in [5.41, 5.74) is 7.36. The molecular weight excluding hydrogens is 316 g/mol. The lowest BCUT2D eigenvalue weighted by molar-refractivity contribution is 0.785. The second-order valence-electron chi connectivity index (χ2n) is 6.26. The maximum Gasteiger partial charge on any atom is 0.0192 e. The molecule has 1 heterocycles. The van der Waals surface area contributed by atoms with E-state index in [-0.39, 0.29) is 0 Å². The van der Waals surface area contributed by atoms with Crippen LogP contribution in [-0.4, -0.2) is 17.3 Å². The zero-order chi connectivity index (χ0) is 15.5. The molecule has 0 fully saturated rings. The van der Waals surface area contributed by atoms with Crippen LogP contribution in [0.5, 0.6) is 0 Å². The van der Waals surface area contributed by atoms with Crippen molar-refractivity contribution in [3.05, 3.63) is 76.2 Å². The molecule has 118 valence electrons. The Hall–Kier alpha value is -1.12. The van der Waals surface area contributed by atoms with E-state index in [0.717, 1.165) is 0 Å². The Morgan fingerprint density at radius 3 is 2.13 bits per heavy atom. The van der Waals surface area contributed by atoms with E-state index in [1.54, 1.807) is 0 Å². The van der Waals surface area contributed by atoms with Gasteiger partial charge in [-0.05, 0) is 57.6 Å². The van der Waals surface area contributed by atoms with Crippen molar-refractivity contribution in [3.8, 4) is 0 Å². The fraction of sp³-hybridized carbons (Fsp3) is 0.333. The molecule has 23 heavy (non-hydrogen) atoms. The topological polar surface area (TPSA) is 0 Å². The summed E-state index contributed by atoms with van der Waals surface area (Å²) in [5, 5.41) is 2.42. The van der Waals surface area contributed by atoms with Gasteiger partial charge in [-0.3, -0.25) is 0 Å². The highest BCUT2D eigenvalue weighted by molar-refractivity contribution is 8.02. The predicted molar refractivity (Wildman–Crippen MR) is 105 cm³/mol. The van der Waals surface area contributed by atoms with E-state index in [1.807, 2.05) is 11.8 Å². The van der Waals surface area contributed by atoms with Gasteiger partial charge in [-0.25, -0.2) is 0 Å². The zero-order valence-electron chi connectivity index (χ0n) is 13.3. The molecule has 0 atom stereocenters. The predicted octanol–water partition coefficient (Wildman–Crippen LogP) is 6.17. The molecule has 0 amide bonds. The van der Waals surface area contributed by atoms with Crippen LogP contribution in [0.15, 0.2) is 53.9 Å². The summed E-state index contributed by atoms with van der Waals surface area (Å²) in [6, 6.07) is 18.1. The van der Waals surface area contributed by atoms with Crippen LogP contribution in [0.2, 0.25) is 0 Å². The van der Waals surface area contributed by atoms with Gasteiger partial charge in [-0.1, -0.05) is 55.0 Å². The lowest BCUT2D eigenvalue weighted by atomic mass is 9.77. The third kappa shape index (κ3) is 3.12. The van der Waals surface area contributed by atoms with Crippen LogP contribution in [0.1, 0.15) is 47.4 Å². The van der Waals surface area contributed by atoms with Crippen LogP contribution in [0, 0.1) is 0 Å². The standard InChI is InChI=1S/C21H22S2/c1-6-12-22-14-20-16-8-2-3-9-17(16)21(15-23-13-7-1)19-11-5-4-10-18(19)20/h2-5,8-11,14,21H,1,6-7,12-13,15H2. The molecule has 0 saturated carbocycles. The van der Waals surface area contributed by atoms with Crippen LogP contribution in [0.25, 0.3) is 5.57 Å². The number of hydrogen-bond donors (Lipinski definition) is 0. The molecule has 1 aliphatic heterocycles. The van der Waals surface area contributed by atoms with Gasteiger partial charge in [0.1, 0.15) is 0 Å². The lowest BCUT2D eigenvalue weighted by Crippen LogP contribution is -2.15. The maximum absolute atomic E-state index is 2.42. The highest BCUT2D eigenvalue weighted by atomic mass is 32.2. The quantitative estimate of drug-likeness (QED) is 0.563. The van der Waals surface area contributed by atoms with E-state index in [1.165, 1.54) is 64.3 Å². The Labute approximate surface area is 147 Å². The zero-order valence-corrected chi connectivity index (χ0v) is 15.0. The van der Waals surface area contributed by atoms with Gasteiger partial charge in [-0.2, -0.15) is 11.8 Å². The van der Waals surface area contributed by atoms with Crippen molar-refractivity contribution >= 4 is 29.1 Å². The Balaban J connectivity index is 1.86. The number of rotatable bonds is 0. The molecule has 2 aromatic carbocycles. The van der Waals surface area contributed by atoms with Crippen LogP contribution in [-0.2, 0) is 0 Å². The second-order valence-corrected chi connectivity index (χ2v) is 8.39. The van der Waals surface area contributed by atoms with Crippen molar-refractivity contribution in [3.63, 3.8) is 0 Å². The molecule has 2 heteroatoms. The number of benzene rings is 2. The van der Waals surface area contributed by atoms with Crippen molar-refractivity contribution in [2.75, 3.05) is 17.3 Å². The smallest absolute Gasteiger partial charge is 0.0192 e. The van der Waals surface area contributed by atoms with Gasteiger partial charge in [0.15, 0.2) is 0 Å². The molecule has 0 aromatic heterocycles. The SMILES string of the molecule is C1=C2c3ccccc3C(CSCCCCCS1)c1ccccc12. The fourth-order valence-corrected chi connectivity index (χ4v) is 5.70. The van der Waals surface area contributed by atoms with E-state index >= 15 is 0 Å². The molecule has 0 saturated heterocycles. The first-order valence-corrected chi connectivity index (χ1v) is 10.7. The highest BCUT2D eigenvalue weighted by Gasteiger charge is 2.28. The third-order valence-electron chi connectivity index (χ3n) is 4.79. The molecule has 2 aromatic rings. The number of hydrogen-bond acceptors (Lipinski definition) is 2. The van der Waals surface area contributed by atoms with Crippen molar-refractivity contribution in [1.82, 2.24) is 0 Å². The molecule has 2 bridgehead atoms. The molecule has 0 unspecified atom stereocenters.